The van der Waals surface area contributed by atoms with Crippen LogP contribution in [0.25, 0.3) is 0 Å². The van der Waals surface area contributed by atoms with Gasteiger partial charge in [-0.2, -0.15) is 0 Å². The molecule has 2 aromatic carbocycles. The summed E-state index contributed by atoms with van der Waals surface area (Å²) in [7, 11) is 0. The maximum atomic E-state index is 13.9. The first-order chi connectivity index (χ1) is 9.20. The molecule has 0 atom stereocenters. The number of hydrogen-bond donors (Lipinski definition) is 1. The van der Waals surface area contributed by atoms with Crippen molar-refractivity contribution in [2.75, 3.05) is 6.61 Å². The van der Waals surface area contributed by atoms with Gasteiger partial charge in [0.15, 0.2) is 11.6 Å². The molecule has 100 valence electrons. The van der Waals surface area contributed by atoms with E-state index in [-0.39, 0.29) is 18.2 Å². The Hall–Kier alpha value is -1.87. The topological polar surface area (TPSA) is 29.5 Å². The van der Waals surface area contributed by atoms with Gasteiger partial charge in [0.2, 0.25) is 0 Å². The second-order valence-corrected chi connectivity index (χ2v) is 4.47. The Kier molecular flexibility index (Phi) is 4.53. The van der Waals surface area contributed by atoms with Crippen molar-refractivity contribution in [3.63, 3.8) is 0 Å². The molecule has 0 saturated carbocycles. The van der Waals surface area contributed by atoms with Gasteiger partial charge < -0.3 is 9.84 Å². The molecule has 2 rings (SSSR count). The molecule has 19 heavy (non-hydrogen) atoms. The van der Waals surface area contributed by atoms with Crippen LogP contribution in [0, 0.1) is 12.7 Å². The van der Waals surface area contributed by atoms with Crippen LogP contribution in [0.1, 0.15) is 16.7 Å². The van der Waals surface area contributed by atoms with Crippen molar-refractivity contribution >= 4 is 0 Å². The monoisotopic (exact) mass is 260 g/mol. The quantitative estimate of drug-likeness (QED) is 0.894. The lowest BCUT2D eigenvalue weighted by Crippen LogP contribution is -2.01. The highest BCUT2D eigenvalue weighted by molar-refractivity contribution is 5.38. The second-order valence-electron chi connectivity index (χ2n) is 4.47. The molecule has 0 aliphatic carbocycles. The first-order valence-corrected chi connectivity index (χ1v) is 6.27. The van der Waals surface area contributed by atoms with Gasteiger partial charge in [-0.1, -0.05) is 36.4 Å². The third-order valence-electron chi connectivity index (χ3n) is 2.92. The van der Waals surface area contributed by atoms with E-state index in [4.69, 9.17) is 9.84 Å². The molecule has 0 saturated heterocycles. The summed E-state index contributed by atoms with van der Waals surface area (Å²) < 4.78 is 19.5. The van der Waals surface area contributed by atoms with Gasteiger partial charge in [0, 0.05) is 6.61 Å². The third-order valence-corrected chi connectivity index (χ3v) is 2.92. The summed E-state index contributed by atoms with van der Waals surface area (Å²) in [6.07, 6.45) is 0.455. The number of ether oxygens (including phenoxy) is 1. The fourth-order valence-corrected chi connectivity index (χ4v) is 1.99. The van der Waals surface area contributed by atoms with Crippen molar-refractivity contribution in [1.29, 1.82) is 0 Å². The zero-order valence-electron chi connectivity index (χ0n) is 10.9. The standard InChI is InChI=1S/C16H17FO2/c1-12-9-14(7-8-18)10-15(17)16(12)19-11-13-5-3-2-4-6-13/h2-6,9-10,18H,7-8,11H2,1H3. The van der Waals surface area contributed by atoms with Gasteiger partial charge >= 0.3 is 0 Å². The molecule has 1 N–H and O–H groups in total. The van der Waals surface area contributed by atoms with Crippen LogP contribution in [0.3, 0.4) is 0 Å². The molecule has 2 nitrogen and oxygen atoms in total. The Balaban J connectivity index is 2.12. The fraction of sp³-hybridized carbons (Fsp3) is 0.250. The normalized spacial score (nSPS) is 10.5. The number of hydrogen-bond acceptors (Lipinski definition) is 2. The van der Waals surface area contributed by atoms with Crippen LogP contribution in [0.5, 0.6) is 5.75 Å². The van der Waals surface area contributed by atoms with Crippen molar-refractivity contribution < 1.29 is 14.2 Å². The first-order valence-electron chi connectivity index (χ1n) is 6.27. The SMILES string of the molecule is Cc1cc(CCO)cc(F)c1OCc1ccccc1. The van der Waals surface area contributed by atoms with Crippen LogP contribution >= 0.6 is 0 Å². The second kappa shape index (κ2) is 6.34. The van der Waals surface area contributed by atoms with E-state index >= 15 is 0 Å². The molecule has 0 spiro atoms. The van der Waals surface area contributed by atoms with E-state index < -0.39 is 0 Å². The number of benzene rings is 2. The Bertz CT molecular complexity index is 515. The van der Waals surface area contributed by atoms with Crippen LogP contribution < -0.4 is 4.74 Å². The van der Waals surface area contributed by atoms with E-state index in [1.165, 1.54) is 6.07 Å². The summed E-state index contributed by atoms with van der Waals surface area (Å²) in [5.74, 6) is -0.0927. The highest BCUT2D eigenvalue weighted by Gasteiger charge is 2.09. The minimum absolute atomic E-state index is 0.0170. The molecule has 0 aliphatic rings. The smallest absolute Gasteiger partial charge is 0.165 e. The van der Waals surface area contributed by atoms with Crippen LogP contribution in [0.4, 0.5) is 4.39 Å². The Morgan fingerprint density at radius 2 is 1.84 bits per heavy atom. The molecule has 3 heteroatoms. The molecule has 0 heterocycles. The Morgan fingerprint density at radius 1 is 1.11 bits per heavy atom. The fourth-order valence-electron chi connectivity index (χ4n) is 1.99. The summed E-state index contributed by atoms with van der Waals surface area (Å²) in [5.41, 5.74) is 2.53. The number of aryl methyl sites for hydroxylation is 1. The highest BCUT2D eigenvalue weighted by Crippen LogP contribution is 2.25. The third kappa shape index (κ3) is 3.55. The Morgan fingerprint density at radius 3 is 2.47 bits per heavy atom. The molecular formula is C16H17FO2. The maximum absolute atomic E-state index is 13.9. The lowest BCUT2D eigenvalue weighted by molar-refractivity contribution is 0.286. The Labute approximate surface area is 112 Å². The lowest BCUT2D eigenvalue weighted by atomic mass is 10.1. The molecular weight excluding hydrogens is 243 g/mol. The average molecular weight is 260 g/mol. The zero-order chi connectivity index (χ0) is 13.7. The van der Waals surface area contributed by atoms with E-state index in [0.29, 0.717) is 13.0 Å². The van der Waals surface area contributed by atoms with Crippen molar-refractivity contribution in [3.05, 3.63) is 65.0 Å². The van der Waals surface area contributed by atoms with Crippen molar-refractivity contribution in [3.8, 4) is 5.75 Å². The molecule has 0 radical (unpaired) electrons. The molecule has 0 bridgehead atoms. The average Bonchev–Trinajstić information content (AvgIpc) is 2.39. The number of halogens is 1. The lowest BCUT2D eigenvalue weighted by Gasteiger charge is -2.12. The summed E-state index contributed by atoms with van der Waals surface area (Å²) in [4.78, 5) is 0. The maximum Gasteiger partial charge on any atom is 0.165 e. The summed E-state index contributed by atoms with van der Waals surface area (Å²) >= 11 is 0. The van der Waals surface area contributed by atoms with E-state index in [1.54, 1.807) is 0 Å². The van der Waals surface area contributed by atoms with Gasteiger partial charge in [-0.15, -0.1) is 0 Å². The molecule has 0 aliphatic heterocycles. The molecule has 0 aromatic heterocycles. The van der Waals surface area contributed by atoms with Gasteiger partial charge in [0.1, 0.15) is 6.61 Å². The van der Waals surface area contributed by atoms with Gasteiger partial charge in [0.05, 0.1) is 0 Å². The first kappa shape index (κ1) is 13.6. The predicted molar refractivity (Wildman–Crippen MR) is 72.7 cm³/mol. The molecule has 0 fully saturated rings. The number of rotatable bonds is 5. The minimum Gasteiger partial charge on any atom is -0.486 e. The van der Waals surface area contributed by atoms with Gasteiger partial charge in [-0.3, -0.25) is 0 Å². The predicted octanol–water partition coefficient (Wildman–Crippen LogP) is 3.25. The van der Waals surface area contributed by atoms with E-state index in [0.717, 1.165) is 16.7 Å². The van der Waals surface area contributed by atoms with Crippen molar-refractivity contribution in [1.82, 2.24) is 0 Å². The number of aliphatic hydroxyl groups excluding tert-OH is 1. The van der Waals surface area contributed by atoms with E-state index in [1.807, 2.05) is 43.3 Å². The largest absolute Gasteiger partial charge is 0.486 e. The van der Waals surface area contributed by atoms with Crippen molar-refractivity contribution in [2.45, 2.75) is 20.0 Å². The molecule has 2 aromatic rings. The van der Waals surface area contributed by atoms with E-state index in [9.17, 15) is 4.39 Å². The summed E-state index contributed by atoms with van der Waals surface area (Å²) in [5, 5.41) is 8.87. The van der Waals surface area contributed by atoms with Gasteiger partial charge in [-0.05, 0) is 36.1 Å². The number of aliphatic hydroxyl groups is 1. The molecule has 0 unspecified atom stereocenters. The summed E-state index contributed by atoms with van der Waals surface area (Å²) in [6, 6.07) is 12.9. The van der Waals surface area contributed by atoms with Crippen LogP contribution in [-0.4, -0.2) is 11.7 Å². The van der Waals surface area contributed by atoms with Crippen LogP contribution in [0.2, 0.25) is 0 Å². The highest BCUT2D eigenvalue weighted by atomic mass is 19.1. The van der Waals surface area contributed by atoms with E-state index in [2.05, 4.69) is 0 Å². The van der Waals surface area contributed by atoms with Gasteiger partial charge in [-0.25, -0.2) is 4.39 Å². The minimum atomic E-state index is -0.376. The van der Waals surface area contributed by atoms with Gasteiger partial charge in [0.25, 0.3) is 0 Å². The molecule has 0 amide bonds. The van der Waals surface area contributed by atoms with Crippen LogP contribution in [0.15, 0.2) is 42.5 Å². The van der Waals surface area contributed by atoms with Crippen molar-refractivity contribution in [2.24, 2.45) is 0 Å². The zero-order valence-corrected chi connectivity index (χ0v) is 10.9. The summed E-state index contributed by atoms with van der Waals surface area (Å²) in [6.45, 7) is 2.17. The van der Waals surface area contributed by atoms with Crippen LogP contribution in [-0.2, 0) is 13.0 Å².